The van der Waals surface area contributed by atoms with Crippen LogP contribution in [-0.2, 0) is 0 Å². The second-order valence-electron chi connectivity index (χ2n) is 3.43. The lowest BCUT2D eigenvalue weighted by Gasteiger charge is -2.36. The van der Waals surface area contributed by atoms with Gasteiger partial charge in [-0.05, 0) is 44.2 Å². The van der Waals surface area contributed by atoms with Gasteiger partial charge in [-0.3, -0.25) is 0 Å². The number of rotatable bonds is 5. The molecule has 0 aliphatic heterocycles. The zero-order valence-corrected chi connectivity index (χ0v) is 7.47. The van der Waals surface area contributed by atoms with E-state index in [4.69, 9.17) is 0 Å². The maximum Gasteiger partial charge on any atom is -0.00179 e. The number of allylic oxidation sites excluding steroid dienone is 1. The molecular formula is C10H19N. The van der Waals surface area contributed by atoms with Crippen LogP contribution in [0.1, 0.15) is 26.2 Å². The molecular weight excluding hydrogens is 134 g/mol. The smallest absolute Gasteiger partial charge is 0.00179 e. The summed E-state index contributed by atoms with van der Waals surface area (Å²) in [5.41, 5.74) is 0. The van der Waals surface area contributed by atoms with E-state index in [1.54, 1.807) is 0 Å². The lowest BCUT2D eigenvalue weighted by Crippen LogP contribution is -2.34. The molecule has 1 N–H and O–H groups in total. The summed E-state index contributed by atoms with van der Waals surface area (Å²) >= 11 is 0. The third kappa shape index (κ3) is 2.33. The van der Waals surface area contributed by atoms with Gasteiger partial charge in [-0.25, -0.2) is 0 Å². The molecule has 1 saturated carbocycles. The Morgan fingerprint density at radius 3 is 2.64 bits per heavy atom. The Bertz CT molecular complexity index is 120. The Morgan fingerprint density at radius 2 is 2.18 bits per heavy atom. The zero-order chi connectivity index (χ0) is 8.10. The van der Waals surface area contributed by atoms with Crippen molar-refractivity contribution in [1.82, 2.24) is 5.32 Å². The van der Waals surface area contributed by atoms with Gasteiger partial charge < -0.3 is 5.32 Å². The van der Waals surface area contributed by atoms with Crippen LogP contribution < -0.4 is 5.32 Å². The van der Waals surface area contributed by atoms with Crippen LogP contribution in [-0.4, -0.2) is 13.1 Å². The van der Waals surface area contributed by atoms with E-state index in [1.165, 1.54) is 25.8 Å². The average Bonchev–Trinajstić information content (AvgIpc) is 1.99. The van der Waals surface area contributed by atoms with E-state index >= 15 is 0 Å². The van der Waals surface area contributed by atoms with Gasteiger partial charge in [0.25, 0.3) is 0 Å². The molecule has 11 heavy (non-hydrogen) atoms. The van der Waals surface area contributed by atoms with Crippen LogP contribution in [0.2, 0.25) is 0 Å². The van der Waals surface area contributed by atoms with E-state index in [9.17, 15) is 0 Å². The van der Waals surface area contributed by atoms with Crippen molar-refractivity contribution in [1.29, 1.82) is 0 Å². The number of nitrogens with one attached hydrogen (secondary N) is 1. The first-order valence-corrected chi connectivity index (χ1v) is 4.70. The highest BCUT2D eigenvalue weighted by atomic mass is 14.9. The molecule has 1 aliphatic carbocycles. The SMILES string of the molecule is C=CCC1CCC1CNCC. The van der Waals surface area contributed by atoms with Crippen molar-refractivity contribution in [3.8, 4) is 0 Å². The summed E-state index contributed by atoms with van der Waals surface area (Å²) < 4.78 is 0. The molecule has 64 valence electrons. The van der Waals surface area contributed by atoms with Crippen molar-refractivity contribution >= 4 is 0 Å². The van der Waals surface area contributed by atoms with Crippen molar-refractivity contribution in [3.05, 3.63) is 12.7 Å². The fourth-order valence-corrected chi connectivity index (χ4v) is 1.76. The average molecular weight is 153 g/mol. The zero-order valence-electron chi connectivity index (χ0n) is 7.47. The molecule has 1 nitrogen and oxygen atoms in total. The summed E-state index contributed by atoms with van der Waals surface area (Å²) in [6, 6.07) is 0. The second kappa shape index (κ2) is 4.55. The van der Waals surface area contributed by atoms with Crippen LogP contribution in [0.5, 0.6) is 0 Å². The van der Waals surface area contributed by atoms with Crippen molar-refractivity contribution in [2.75, 3.05) is 13.1 Å². The maximum absolute atomic E-state index is 3.78. The molecule has 0 aromatic rings. The van der Waals surface area contributed by atoms with E-state index < -0.39 is 0 Å². The van der Waals surface area contributed by atoms with Gasteiger partial charge in [-0.15, -0.1) is 6.58 Å². The van der Waals surface area contributed by atoms with Gasteiger partial charge >= 0.3 is 0 Å². The van der Waals surface area contributed by atoms with Crippen LogP contribution in [0.4, 0.5) is 0 Å². The van der Waals surface area contributed by atoms with Gasteiger partial charge in [0.2, 0.25) is 0 Å². The summed E-state index contributed by atoms with van der Waals surface area (Å²) in [4.78, 5) is 0. The first-order chi connectivity index (χ1) is 5.38. The quantitative estimate of drug-likeness (QED) is 0.597. The van der Waals surface area contributed by atoms with Crippen molar-refractivity contribution in [2.45, 2.75) is 26.2 Å². The fraction of sp³-hybridized carbons (Fsp3) is 0.800. The molecule has 0 aromatic heterocycles. The summed E-state index contributed by atoms with van der Waals surface area (Å²) in [5.74, 6) is 1.87. The highest BCUT2D eigenvalue weighted by Gasteiger charge is 2.28. The predicted molar refractivity (Wildman–Crippen MR) is 49.6 cm³/mol. The predicted octanol–water partition coefficient (Wildman–Crippen LogP) is 2.20. The molecule has 0 aromatic carbocycles. The lowest BCUT2D eigenvalue weighted by molar-refractivity contribution is 0.175. The van der Waals surface area contributed by atoms with E-state index in [1.807, 2.05) is 0 Å². The second-order valence-corrected chi connectivity index (χ2v) is 3.43. The largest absolute Gasteiger partial charge is 0.317 e. The molecule has 1 fully saturated rings. The minimum Gasteiger partial charge on any atom is -0.317 e. The Balaban J connectivity index is 2.09. The highest BCUT2D eigenvalue weighted by Crippen LogP contribution is 2.36. The molecule has 0 radical (unpaired) electrons. The first-order valence-electron chi connectivity index (χ1n) is 4.70. The van der Waals surface area contributed by atoms with E-state index in [0.717, 1.165) is 18.4 Å². The van der Waals surface area contributed by atoms with Gasteiger partial charge in [-0.2, -0.15) is 0 Å². The molecule has 0 amide bonds. The van der Waals surface area contributed by atoms with Crippen molar-refractivity contribution < 1.29 is 0 Å². The van der Waals surface area contributed by atoms with E-state index in [0.29, 0.717) is 0 Å². The highest BCUT2D eigenvalue weighted by molar-refractivity contribution is 4.86. The van der Waals surface area contributed by atoms with Gasteiger partial charge in [0.05, 0.1) is 0 Å². The van der Waals surface area contributed by atoms with Gasteiger partial charge in [0.1, 0.15) is 0 Å². The molecule has 1 rings (SSSR count). The number of hydrogen-bond donors (Lipinski definition) is 1. The van der Waals surface area contributed by atoms with E-state index in [-0.39, 0.29) is 0 Å². The Kier molecular flexibility index (Phi) is 3.64. The van der Waals surface area contributed by atoms with Crippen LogP contribution in [0.3, 0.4) is 0 Å². The van der Waals surface area contributed by atoms with E-state index in [2.05, 4.69) is 24.9 Å². The van der Waals surface area contributed by atoms with Crippen LogP contribution in [0, 0.1) is 11.8 Å². The van der Waals surface area contributed by atoms with Crippen LogP contribution in [0.15, 0.2) is 12.7 Å². The Labute approximate surface area is 69.9 Å². The van der Waals surface area contributed by atoms with Gasteiger partial charge in [0.15, 0.2) is 0 Å². The van der Waals surface area contributed by atoms with Crippen molar-refractivity contribution in [3.63, 3.8) is 0 Å². The minimum absolute atomic E-state index is 0.937. The topological polar surface area (TPSA) is 12.0 Å². The van der Waals surface area contributed by atoms with Crippen molar-refractivity contribution in [2.24, 2.45) is 11.8 Å². The summed E-state index contributed by atoms with van der Waals surface area (Å²) in [5, 5.41) is 3.40. The van der Waals surface area contributed by atoms with Gasteiger partial charge in [-0.1, -0.05) is 13.0 Å². The minimum atomic E-state index is 0.937. The Morgan fingerprint density at radius 1 is 1.45 bits per heavy atom. The summed E-state index contributed by atoms with van der Waals surface area (Å²) in [6.07, 6.45) is 6.12. The van der Waals surface area contributed by atoms with Crippen LogP contribution in [0.25, 0.3) is 0 Å². The third-order valence-electron chi connectivity index (χ3n) is 2.70. The molecule has 0 bridgehead atoms. The third-order valence-corrected chi connectivity index (χ3v) is 2.70. The monoisotopic (exact) mass is 153 g/mol. The summed E-state index contributed by atoms with van der Waals surface area (Å²) in [6.45, 7) is 8.27. The molecule has 1 heteroatoms. The molecule has 0 saturated heterocycles. The standard InChI is InChI=1S/C10H19N/c1-3-5-9-6-7-10(9)8-11-4-2/h3,9-11H,1,4-8H2,2H3. The molecule has 0 spiro atoms. The Hall–Kier alpha value is -0.300. The lowest BCUT2D eigenvalue weighted by atomic mass is 9.72. The number of hydrogen-bond acceptors (Lipinski definition) is 1. The normalized spacial score (nSPS) is 29.5. The molecule has 2 unspecified atom stereocenters. The summed E-state index contributed by atoms with van der Waals surface area (Å²) in [7, 11) is 0. The van der Waals surface area contributed by atoms with Crippen LogP contribution >= 0.6 is 0 Å². The fourth-order valence-electron chi connectivity index (χ4n) is 1.76. The molecule has 0 heterocycles. The van der Waals surface area contributed by atoms with Gasteiger partial charge in [0, 0.05) is 0 Å². The molecule has 2 atom stereocenters. The molecule has 1 aliphatic rings. The first kappa shape index (κ1) is 8.79. The maximum atomic E-state index is 3.78.